The van der Waals surface area contributed by atoms with E-state index in [-0.39, 0.29) is 29.1 Å². The average Bonchev–Trinajstić information content (AvgIpc) is 3.10. The molecule has 0 saturated heterocycles. The molecule has 0 aliphatic heterocycles. The van der Waals surface area contributed by atoms with E-state index >= 15 is 0 Å². The minimum Gasteiger partial charge on any atom is -0.345 e. The number of fused-ring (bicyclic) bond motifs is 1. The number of sulfonamides is 1. The topological polar surface area (TPSA) is 105 Å². The van der Waals surface area contributed by atoms with Gasteiger partial charge < -0.3 is 5.32 Å². The Bertz CT molecular complexity index is 1120. The lowest BCUT2D eigenvalue weighted by molar-refractivity contribution is 0.0936. The number of rotatable bonds is 8. The summed E-state index contributed by atoms with van der Waals surface area (Å²) >= 11 is 12.3. The van der Waals surface area contributed by atoms with E-state index in [1.54, 1.807) is 0 Å². The number of benzene rings is 2. The fourth-order valence-corrected chi connectivity index (χ4v) is 5.50. The smallest absolute Gasteiger partial charge is 0.253 e. The molecule has 2 aromatic carbocycles. The Labute approximate surface area is 191 Å². The van der Waals surface area contributed by atoms with Crippen LogP contribution in [0.3, 0.4) is 0 Å². The van der Waals surface area contributed by atoms with Gasteiger partial charge in [0.15, 0.2) is 0 Å². The fourth-order valence-electron chi connectivity index (χ4n) is 3.54. The molecular formula is C21H23Cl2N3O4S. The van der Waals surface area contributed by atoms with E-state index in [0.29, 0.717) is 12.8 Å². The van der Waals surface area contributed by atoms with Crippen LogP contribution in [0.2, 0.25) is 10.0 Å². The fraction of sp³-hybridized carbons (Fsp3) is 0.381. The van der Waals surface area contributed by atoms with Crippen LogP contribution in [-0.2, 0) is 16.4 Å². The molecule has 2 aromatic rings. The monoisotopic (exact) mass is 483 g/mol. The van der Waals surface area contributed by atoms with Crippen molar-refractivity contribution >= 4 is 44.8 Å². The zero-order valence-corrected chi connectivity index (χ0v) is 19.4. The highest BCUT2D eigenvalue weighted by atomic mass is 35.5. The van der Waals surface area contributed by atoms with Gasteiger partial charge in [-0.05, 0) is 47.6 Å². The van der Waals surface area contributed by atoms with Crippen LogP contribution >= 0.6 is 23.2 Å². The molecule has 1 unspecified atom stereocenters. The Morgan fingerprint density at radius 2 is 1.94 bits per heavy atom. The Hall–Kier alpha value is -2.00. The quantitative estimate of drug-likeness (QED) is 0.507. The maximum atomic E-state index is 13.0. The van der Waals surface area contributed by atoms with Crippen molar-refractivity contribution in [2.75, 3.05) is 6.54 Å². The summed E-state index contributed by atoms with van der Waals surface area (Å²) in [5.41, 5.74) is 1.49. The number of nitrogens with zero attached hydrogens (tertiary/aromatic N) is 1. The van der Waals surface area contributed by atoms with Crippen LogP contribution in [0.1, 0.15) is 54.2 Å². The van der Waals surface area contributed by atoms with E-state index in [9.17, 15) is 18.1 Å². The Kier molecular flexibility index (Phi) is 7.36. The van der Waals surface area contributed by atoms with Gasteiger partial charge >= 0.3 is 0 Å². The summed E-state index contributed by atoms with van der Waals surface area (Å²) in [4.78, 5) is 23.9. The number of carbonyl (C=O) groups excluding carboxylic acids is 1. The van der Waals surface area contributed by atoms with Crippen molar-refractivity contribution in [3.8, 4) is 0 Å². The second kappa shape index (κ2) is 9.65. The number of hydrogen-bond acceptors (Lipinski definition) is 5. The van der Waals surface area contributed by atoms with Crippen LogP contribution < -0.4 is 10.0 Å². The van der Waals surface area contributed by atoms with Crippen LogP contribution in [0.5, 0.6) is 0 Å². The number of halogens is 2. The molecule has 10 heteroatoms. The molecule has 0 bridgehead atoms. The van der Waals surface area contributed by atoms with Gasteiger partial charge in [-0.1, -0.05) is 61.3 Å². The SMILES string of the molecule is CC(C)CCNS(=O)(=O)c1cc(C(=O)NC2CCc3ccccc32)c(Cl)c(N=O)c1Cl. The first-order chi connectivity index (χ1) is 14.7. The lowest BCUT2D eigenvalue weighted by Gasteiger charge is -2.17. The first-order valence-electron chi connectivity index (χ1n) is 9.89. The van der Waals surface area contributed by atoms with Crippen molar-refractivity contribution in [1.82, 2.24) is 10.0 Å². The van der Waals surface area contributed by atoms with Gasteiger partial charge in [0.2, 0.25) is 10.0 Å². The molecule has 1 aliphatic carbocycles. The normalized spacial score (nSPS) is 15.7. The summed E-state index contributed by atoms with van der Waals surface area (Å²) in [6.07, 6.45) is 2.13. The molecule has 0 radical (unpaired) electrons. The van der Waals surface area contributed by atoms with Crippen molar-refractivity contribution in [3.63, 3.8) is 0 Å². The van der Waals surface area contributed by atoms with Crippen LogP contribution in [0.4, 0.5) is 5.69 Å². The van der Waals surface area contributed by atoms with Crippen molar-refractivity contribution in [3.05, 3.63) is 62.0 Å². The number of amides is 1. The second-order valence-corrected chi connectivity index (χ2v) is 10.3. The van der Waals surface area contributed by atoms with E-state index < -0.39 is 31.5 Å². The number of hydrogen-bond donors (Lipinski definition) is 2. The molecule has 0 fully saturated rings. The highest BCUT2D eigenvalue weighted by molar-refractivity contribution is 7.89. The molecule has 0 spiro atoms. The molecule has 0 saturated carbocycles. The number of nitroso groups, excluding NO2 is 1. The molecule has 0 heterocycles. The third-order valence-corrected chi connectivity index (χ3v) is 7.58. The maximum absolute atomic E-state index is 13.0. The summed E-state index contributed by atoms with van der Waals surface area (Å²) in [5, 5.41) is 4.95. The largest absolute Gasteiger partial charge is 0.345 e. The van der Waals surface area contributed by atoms with Crippen LogP contribution in [-0.4, -0.2) is 20.9 Å². The van der Waals surface area contributed by atoms with E-state index in [1.807, 2.05) is 38.1 Å². The van der Waals surface area contributed by atoms with E-state index in [1.165, 1.54) is 0 Å². The van der Waals surface area contributed by atoms with Gasteiger partial charge in [0.25, 0.3) is 5.91 Å². The van der Waals surface area contributed by atoms with E-state index in [2.05, 4.69) is 15.2 Å². The molecule has 0 aromatic heterocycles. The highest BCUT2D eigenvalue weighted by Crippen LogP contribution is 2.41. The predicted molar refractivity (Wildman–Crippen MR) is 122 cm³/mol. The lowest BCUT2D eigenvalue weighted by Crippen LogP contribution is -2.29. The van der Waals surface area contributed by atoms with Crippen LogP contribution in [0, 0.1) is 10.8 Å². The summed E-state index contributed by atoms with van der Waals surface area (Å²) < 4.78 is 28.0. The summed E-state index contributed by atoms with van der Waals surface area (Å²) in [7, 11) is -4.09. The van der Waals surface area contributed by atoms with Gasteiger partial charge in [0.1, 0.15) is 10.6 Å². The van der Waals surface area contributed by atoms with Crippen molar-refractivity contribution in [2.45, 2.75) is 44.0 Å². The highest BCUT2D eigenvalue weighted by Gasteiger charge is 2.29. The molecule has 166 valence electrons. The van der Waals surface area contributed by atoms with Gasteiger partial charge in [-0.2, -0.15) is 0 Å². The Balaban J connectivity index is 1.94. The number of nitrogens with one attached hydrogen (secondary N) is 2. The van der Waals surface area contributed by atoms with Gasteiger partial charge in [0, 0.05) is 6.54 Å². The third-order valence-electron chi connectivity index (χ3n) is 5.22. The van der Waals surface area contributed by atoms with Crippen molar-refractivity contribution < 1.29 is 13.2 Å². The zero-order valence-electron chi connectivity index (χ0n) is 17.1. The molecule has 31 heavy (non-hydrogen) atoms. The standard InChI is InChI=1S/C21H23Cl2N3O4S/c1-12(2)9-10-24-31(29,30)17-11-15(18(22)20(26-28)19(17)23)21(27)25-16-8-7-13-5-3-4-6-14(13)16/h3-6,11-12,16,24H,7-10H2,1-2H3,(H,25,27). The maximum Gasteiger partial charge on any atom is 0.253 e. The Morgan fingerprint density at radius 1 is 1.23 bits per heavy atom. The average molecular weight is 484 g/mol. The van der Waals surface area contributed by atoms with Gasteiger partial charge in [-0.15, -0.1) is 4.91 Å². The summed E-state index contributed by atoms with van der Waals surface area (Å²) in [6, 6.07) is 8.60. The lowest BCUT2D eigenvalue weighted by atomic mass is 10.1. The molecule has 1 amide bonds. The molecular weight excluding hydrogens is 461 g/mol. The number of aryl methyl sites for hydroxylation is 1. The minimum atomic E-state index is -4.09. The first kappa shape index (κ1) is 23.7. The summed E-state index contributed by atoms with van der Waals surface area (Å²) in [6.45, 7) is 4.10. The molecule has 1 aliphatic rings. The Morgan fingerprint density at radius 3 is 2.61 bits per heavy atom. The first-order valence-corrected chi connectivity index (χ1v) is 12.1. The van der Waals surface area contributed by atoms with Gasteiger partial charge in [-0.3, -0.25) is 4.79 Å². The van der Waals surface area contributed by atoms with Gasteiger partial charge in [-0.25, -0.2) is 13.1 Å². The predicted octanol–water partition coefficient (Wildman–Crippen LogP) is 5.13. The van der Waals surface area contributed by atoms with Gasteiger partial charge in [0.05, 0.1) is 21.7 Å². The molecule has 3 rings (SSSR count). The zero-order chi connectivity index (χ0) is 22.8. The van der Waals surface area contributed by atoms with Crippen LogP contribution in [0.15, 0.2) is 40.4 Å². The summed E-state index contributed by atoms with van der Waals surface area (Å²) in [5.74, 6) is -0.321. The van der Waals surface area contributed by atoms with Crippen molar-refractivity contribution in [2.24, 2.45) is 11.1 Å². The molecule has 1 atom stereocenters. The van der Waals surface area contributed by atoms with Crippen LogP contribution in [0.25, 0.3) is 0 Å². The van der Waals surface area contributed by atoms with Crippen molar-refractivity contribution in [1.29, 1.82) is 0 Å². The second-order valence-electron chi connectivity index (χ2n) is 7.83. The minimum absolute atomic E-state index is 0.172. The number of carbonyl (C=O) groups is 1. The van der Waals surface area contributed by atoms with E-state index in [0.717, 1.165) is 23.6 Å². The van der Waals surface area contributed by atoms with E-state index in [4.69, 9.17) is 23.2 Å². The molecule has 2 N–H and O–H groups in total. The molecule has 7 nitrogen and oxygen atoms in total. The third kappa shape index (κ3) is 5.09.